The first-order valence-corrected chi connectivity index (χ1v) is 2.14. The summed E-state index contributed by atoms with van der Waals surface area (Å²) in [7, 11) is 5.55. The van der Waals surface area contributed by atoms with Crippen molar-refractivity contribution in [2.24, 2.45) is 4.99 Å². The van der Waals surface area contributed by atoms with Crippen LogP contribution < -0.4 is 0 Å². The Bertz CT molecular complexity index is 74.1. The van der Waals surface area contributed by atoms with Crippen LogP contribution in [0.3, 0.4) is 0 Å². The molecule has 0 saturated carbocycles. The molecule has 0 aliphatic heterocycles. The zero-order valence-electron chi connectivity index (χ0n) is 5.10. The van der Waals surface area contributed by atoms with Gasteiger partial charge >= 0.3 is 0 Å². The van der Waals surface area contributed by atoms with Crippen LogP contribution in [0, 0.1) is 6.92 Å². The molecule has 0 aromatic carbocycles. The molecule has 0 aliphatic rings. The predicted octanol–water partition coefficient (Wildman–Crippen LogP) is 0.410. The first kappa shape index (κ1) is 6.47. The Labute approximate surface area is 44.9 Å². The molecule has 0 unspecified atom stereocenters. The van der Waals surface area contributed by atoms with E-state index in [2.05, 4.69) is 11.9 Å². The third kappa shape index (κ3) is 2.20. The van der Waals surface area contributed by atoms with Gasteiger partial charge in [-0.15, -0.1) is 0 Å². The number of nitrogens with zero attached hydrogens (tertiary/aromatic N) is 2. The monoisotopic (exact) mass is 99.1 g/mol. The second kappa shape index (κ2) is 2.61. The Morgan fingerprint density at radius 2 is 2.00 bits per heavy atom. The number of hydrogen-bond donors (Lipinski definition) is 0. The van der Waals surface area contributed by atoms with Crippen molar-refractivity contribution in [3.8, 4) is 0 Å². The highest BCUT2D eigenvalue weighted by atomic mass is 15.1. The van der Waals surface area contributed by atoms with E-state index in [0.29, 0.717) is 0 Å². The van der Waals surface area contributed by atoms with Gasteiger partial charge in [0.05, 0.1) is 5.84 Å². The van der Waals surface area contributed by atoms with Gasteiger partial charge in [0.25, 0.3) is 0 Å². The molecule has 2 heteroatoms. The number of hydrogen-bond acceptors (Lipinski definition) is 1. The fourth-order valence-electron chi connectivity index (χ4n) is 0.200. The molecule has 0 heterocycles. The summed E-state index contributed by atoms with van der Waals surface area (Å²) in [5.41, 5.74) is 0. The van der Waals surface area contributed by atoms with Gasteiger partial charge in [0.2, 0.25) is 0 Å². The number of rotatable bonds is 0. The summed E-state index contributed by atoms with van der Waals surface area (Å²) >= 11 is 0. The smallest absolute Gasteiger partial charge is 0.0984 e. The molecule has 0 N–H and O–H groups in total. The van der Waals surface area contributed by atoms with Crippen molar-refractivity contribution < 1.29 is 0 Å². The lowest BCUT2D eigenvalue weighted by molar-refractivity contribution is 0.625. The van der Waals surface area contributed by atoms with Gasteiger partial charge in [-0.25, -0.2) is 0 Å². The maximum absolute atomic E-state index is 3.82. The lowest BCUT2D eigenvalue weighted by Crippen LogP contribution is -2.18. The van der Waals surface area contributed by atoms with Gasteiger partial charge in [-0.2, -0.15) is 0 Å². The second-order valence-corrected chi connectivity index (χ2v) is 1.53. The van der Waals surface area contributed by atoms with Crippen LogP contribution in [0.15, 0.2) is 4.99 Å². The van der Waals surface area contributed by atoms with E-state index in [1.165, 1.54) is 0 Å². The predicted molar refractivity (Wildman–Crippen MR) is 32.4 cm³/mol. The summed E-state index contributed by atoms with van der Waals surface area (Å²) in [5, 5.41) is 0. The van der Waals surface area contributed by atoms with Crippen LogP contribution in [-0.2, 0) is 0 Å². The van der Waals surface area contributed by atoms with Crippen LogP contribution in [0.5, 0.6) is 0 Å². The van der Waals surface area contributed by atoms with Gasteiger partial charge in [-0.05, 0) is 0 Å². The van der Waals surface area contributed by atoms with Crippen LogP contribution in [0.2, 0.25) is 0 Å². The van der Waals surface area contributed by atoms with Crippen LogP contribution in [0.1, 0.15) is 0 Å². The lowest BCUT2D eigenvalue weighted by Gasteiger charge is -2.08. The maximum atomic E-state index is 3.82. The van der Waals surface area contributed by atoms with E-state index >= 15 is 0 Å². The largest absolute Gasteiger partial charge is 0.366 e. The van der Waals surface area contributed by atoms with Gasteiger partial charge in [-0.3, -0.25) is 4.99 Å². The van der Waals surface area contributed by atoms with Crippen molar-refractivity contribution in [2.75, 3.05) is 21.1 Å². The molecule has 0 rings (SSSR count). The number of amidine groups is 1. The zero-order valence-corrected chi connectivity index (χ0v) is 5.10. The van der Waals surface area contributed by atoms with Crippen molar-refractivity contribution >= 4 is 5.84 Å². The molecule has 0 bridgehead atoms. The first-order valence-electron chi connectivity index (χ1n) is 2.14. The van der Waals surface area contributed by atoms with E-state index in [4.69, 9.17) is 0 Å². The van der Waals surface area contributed by atoms with Gasteiger partial charge in [0, 0.05) is 28.1 Å². The minimum absolute atomic E-state index is 0.806. The highest BCUT2D eigenvalue weighted by Crippen LogP contribution is 1.75. The molecule has 7 heavy (non-hydrogen) atoms. The Morgan fingerprint density at radius 1 is 1.57 bits per heavy atom. The van der Waals surface area contributed by atoms with Crippen LogP contribution in [0.4, 0.5) is 0 Å². The van der Waals surface area contributed by atoms with E-state index in [0.717, 1.165) is 5.84 Å². The van der Waals surface area contributed by atoms with Crippen molar-refractivity contribution in [1.29, 1.82) is 0 Å². The van der Waals surface area contributed by atoms with E-state index in [9.17, 15) is 0 Å². The third-order valence-electron chi connectivity index (χ3n) is 0.774. The Kier molecular flexibility index (Phi) is 2.41. The quantitative estimate of drug-likeness (QED) is 0.317. The summed E-state index contributed by atoms with van der Waals surface area (Å²) in [6.45, 7) is 3.63. The molecule has 1 radical (unpaired) electrons. The lowest BCUT2D eigenvalue weighted by atomic mass is 10.6. The molecule has 0 fully saturated rings. The fourth-order valence-corrected chi connectivity index (χ4v) is 0.200. The van der Waals surface area contributed by atoms with Gasteiger partial charge in [0.15, 0.2) is 0 Å². The zero-order chi connectivity index (χ0) is 5.86. The van der Waals surface area contributed by atoms with Gasteiger partial charge in [-0.1, -0.05) is 0 Å². The van der Waals surface area contributed by atoms with Gasteiger partial charge < -0.3 is 4.90 Å². The summed E-state index contributed by atoms with van der Waals surface area (Å²) < 4.78 is 0. The average molecular weight is 99.2 g/mol. The third-order valence-corrected chi connectivity index (χ3v) is 0.774. The fraction of sp³-hybridized carbons (Fsp3) is 0.600. The van der Waals surface area contributed by atoms with Crippen molar-refractivity contribution in [3.63, 3.8) is 0 Å². The molecule has 0 aliphatic carbocycles. The summed E-state index contributed by atoms with van der Waals surface area (Å²) in [4.78, 5) is 5.68. The number of aliphatic imine (C=N–C) groups is 1. The van der Waals surface area contributed by atoms with Crippen molar-refractivity contribution in [1.82, 2.24) is 4.90 Å². The molecule has 0 spiro atoms. The maximum Gasteiger partial charge on any atom is 0.0984 e. The van der Waals surface area contributed by atoms with E-state index in [1.54, 1.807) is 7.05 Å². The SMILES string of the molecule is [CH2]C(=NC)N(C)C. The first-order chi connectivity index (χ1) is 3.18. The average Bonchev–Trinajstić information content (AvgIpc) is 1.65. The molecule has 0 saturated heterocycles. The minimum Gasteiger partial charge on any atom is -0.366 e. The summed E-state index contributed by atoms with van der Waals surface area (Å²) in [6, 6.07) is 0. The van der Waals surface area contributed by atoms with E-state index < -0.39 is 0 Å². The Balaban J connectivity index is 3.56. The topological polar surface area (TPSA) is 15.6 Å². The summed E-state index contributed by atoms with van der Waals surface area (Å²) in [6.07, 6.45) is 0. The Hall–Kier alpha value is -0.530. The summed E-state index contributed by atoms with van der Waals surface area (Å²) in [5.74, 6) is 0.806. The standard InChI is InChI=1S/C5H11N2/c1-5(6-2)7(3)4/h1H2,2-4H3. The molecule has 0 atom stereocenters. The molecular formula is C5H11N2. The second-order valence-electron chi connectivity index (χ2n) is 1.53. The highest BCUT2D eigenvalue weighted by molar-refractivity contribution is 5.85. The molecule has 0 aromatic heterocycles. The molecule has 0 amide bonds. The normalized spacial score (nSPS) is 11.7. The van der Waals surface area contributed by atoms with Crippen LogP contribution in [0.25, 0.3) is 0 Å². The molecule has 0 aromatic rings. The van der Waals surface area contributed by atoms with Crippen LogP contribution in [-0.4, -0.2) is 31.9 Å². The van der Waals surface area contributed by atoms with Gasteiger partial charge in [0.1, 0.15) is 0 Å². The Morgan fingerprint density at radius 3 is 2.00 bits per heavy atom. The minimum atomic E-state index is 0.806. The van der Waals surface area contributed by atoms with Crippen LogP contribution >= 0.6 is 0 Å². The van der Waals surface area contributed by atoms with Crippen molar-refractivity contribution in [2.45, 2.75) is 0 Å². The molecule has 41 valence electrons. The van der Waals surface area contributed by atoms with Crippen molar-refractivity contribution in [3.05, 3.63) is 6.92 Å². The molecule has 2 nitrogen and oxygen atoms in total. The molecular weight excluding hydrogens is 88.1 g/mol. The van der Waals surface area contributed by atoms with E-state index in [-0.39, 0.29) is 0 Å². The highest BCUT2D eigenvalue weighted by Gasteiger charge is 1.85. The van der Waals surface area contributed by atoms with E-state index in [1.807, 2.05) is 19.0 Å².